The topological polar surface area (TPSA) is 0 Å². The predicted octanol–water partition coefficient (Wildman–Crippen LogP) is 3.62. The van der Waals surface area contributed by atoms with Crippen LogP contribution in [0.3, 0.4) is 0 Å². The van der Waals surface area contributed by atoms with Crippen molar-refractivity contribution in [3.8, 4) is 0 Å². The Morgan fingerprint density at radius 1 is 1.08 bits per heavy atom. The van der Waals surface area contributed by atoms with Crippen LogP contribution in [0.5, 0.6) is 0 Å². The third-order valence-corrected chi connectivity index (χ3v) is 3.07. The average Bonchev–Trinajstić information content (AvgIpc) is 2.16. The number of hydrogen-bond acceptors (Lipinski definition) is 0. The number of rotatable bonds is 3. The average molecular weight is 163 g/mol. The minimum atomic E-state index is 0.664. The molecule has 0 aromatic heterocycles. The molecule has 0 aromatic rings. The van der Waals surface area contributed by atoms with Gasteiger partial charge in [0.1, 0.15) is 0 Å². The fourth-order valence-corrected chi connectivity index (χ4v) is 2.13. The van der Waals surface area contributed by atoms with Crippen molar-refractivity contribution in [2.75, 3.05) is 0 Å². The third-order valence-electron chi connectivity index (χ3n) is 3.07. The Morgan fingerprint density at radius 3 is 2.25 bits per heavy atom. The summed E-state index contributed by atoms with van der Waals surface area (Å²) < 4.78 is 0. The molecule has 0 nitrogen and oxygen atoms in total. The SMILES string of the molecule is C=CC1CCC([CH]C)CC1C=C. The summed E-state index contributed by atoms with van der Waals surface area (Å²) in [6, 6.07) is 0. The Bertz CT molecular complexity index is 157. The normalized spacial score (nSPS) is 35.9. The lowest BCUT2D eigenvalue weighted by Crippen LogP contribution is -2.21. The van der Waals surface area contributed by atoms with Crippen molar-refractivity contribution < 1.29 is 0 Å². The van der Waals surface area contributed by atoms with Gasteiger partial charge >= 0.3 is 0 Å². The number of allylic oxidation sites excluding steroid dienone is 2. The van der Waals surface area contributed by atoms with Crippen LogP contribution in [-0.2, 0) is 0 Å². The molecule has 67 valence electrons. The molecular weight excluding hydrogens is 144 g/mol. The molecule has 0 amide bonds. The molecule has 1 radical (unpaired) electrons. The second-order valence-electron chi connectivity index (χ2n) is 3.71. The molecule has 0 heteroatoms. The first kappa shape index (κ1) is 9.57. The summed E-state index contributed by atoms with van der Waals surface area (Å²) in [4.78, 5) is 0. The van der Waals surface area contributed by atoms with Crippen LogP contribution in [0, 0.1) is 24.2 Å². The van der Waals surface area contributed by atoms with Crippen LogP contribution in [0.15, 0.2) is 25.3 Å². The lowest BCUT2D eigenvalue weighted by Gasteiger charge is -2.32. The zero-order chi connectivity index (χ0) is 8.97. The van der Waals surface area contributed by atoms with Crippen molar-refractivity contribution in [2.45, 2.75) is 26.2 Å². The molecule has 0 saturated heterocycles. The monoisotopic (exact) mass is 163 g/mol. The summed E-state index contributed by atoms with van der Waals surface area (Å²) in [5, 5.41) is 0. The Kier molecular flexibility index (Phi) is 3.58. The molecular formula is C12H19. The molecule has 1 fully saturated rings. The van der Waals surface area contributed by atoms with E-state index in [1.165, 1.54) is 19.3 Å². The van der Waals surface area contributed by atoms with E-state index in [1.54, 1.807) is 0 Å². The van der Waals surface area contributed by atoms with E-state index in [2.05, 4.69) is 38.7 Å². The largest absolute Gasteiger partial charge is 0.103 e. The Hall–Kier alpha value is -0.520. The first-order valence-electron chi connectivity index (χ1n) is 4.86. The van der Waals surface area contributed by atoms with Gasteiger partial charge < -0.3 is 0 Å². The van der Waals surface area contributed by atoms with Crippen LogP contribution < -0.4 is 0 Å². The van der Waals surface area contributed by atoms with Gasteiger partial charge in [0.25, 0.3) is 0 Å². The van der Waals surface area contributed by atoms with E-state index < -0.39 is 0 Å². The summed E-state index contributed by atoms with van der Waals surface area (Å²) in [5.74, 6) is 2.15. The first-order chi connectivity index (χ1) is 5.81. The predicted molar refractivity (Wildman–Crippen MR) is 54.7 cm³/mol. The Morgan fingerprint density at radius 2 is 1.75 bits per heavy atom. The van der Waals surface area contributed by atoms with Gasteiger partial charge in [-0.25, -0.2) is 0 Å². The lowest BCUT2D eigenvalue weighted by molar-refractivity contribution is 0.276. The zero-order valence-corrected chi connectivity index (χ0v) is 8.00. The van der Waals surface area contributed by atoms with Gasteiger partial charge in [0.15, 0.2) is 0 Å². The van der Waals surface area contributed by atoms with Crippen molar-refractivity contribution >= 4 is 0 Å². The van der Waals surface area contributed by atoms with Crippen molar-refractivity contribution in [3.63, 3.8) is 0 Å². The van der Waals surface area contributed by atoms with Gasteiger partial charge in [-0.3, -0.25) is 0 Å². The molecule has 1 aliphatic carbocycles. The zero-order valence-electron chi connectivity index (χ0n) is 8.00. The molecule has 0 N–H and O–H groups in total. The molecule has 3 unspecified atom stereocenters. The first-order valence-corrected chi connectivity index (χ1v) is 4.86. The molecule has 0 spiro atoms. The van der Waals surface area contributed by atoms with Gasteiger partial charge in [-0.15, -0.1) is 13.2 Å². The maximum atomic E-state index is 3.89. The fraction of sp³-hybridized carbons (Fsp3) is 0.583. The maximum absolute atomic E-state index is 3.89. The third kappa shape index (κ3) is 2.00. The van der Waals surface area contributed by atoms with E-state index >= 15 is 0 Å². The van der Waals surface area contributed by atoms with Crippen molar-refractivity contribution in [2.24, 2.45) is 17.8 Å². The van der Waals surface area contributed by atoms with E-state index in [0.29, 0.717) is 11.8 Å². The van der Waals surface area contributed by atoms with E-state index in [-0.39, 0.29) is 0 Å². The minimum Gasteiger partial charge on any atom is -0.103 e. The van der Waals surface area contributed by atoms with Gasteiger partial charge in [-0.2, -0.15) is 0 Å². The Balaban J connectivity index is 2.52. The lowest BCUT2D eigenvalue weighted by atomic mass is 9.73. The summed E-state index contributed by atoms with van der Waals surface area (Å²) in [6.07, 6.45) is 10.4. The van der Waals surface area contributed by atoms with Crippen molar-refractivity contribution in [3.05, 3.63) is 31.7 Å². The van der Waals surface area contributed by atoms with E-state index in [0.717, 1.165) is 5.92 Å². The number of hydrogen-bond donors (Lipinski definition) is 0. The van der Waals surface area contributed by atoms with E-state index in [4.69, 9.17) is 0 Å². The van der Waals surface area contributed by atoms with Crippen molar-refractivity contribution in [1.82, 2.24) is 0 Å². The van der Waals surface area contributed by atoms with Crippen LogP contribution in [0.4, 0.5) is 0 Å². The van der Waals surface area contributed by atoms with Gasteiger partial charge in [0, 0.05) is 0 Å². The highest BCUT2D eigenvalue weighted by atomic mass is 14.3. The minimum absolute atomic E-state index is 0.664. The highest BCUT2D eigenvalue weighted by Gasteiger charge is 2.25. The molecule has 0 bridgehead atoms. The molecule has 12 heavy (non-hydrogen) atoms. The summed E-state index contributed by atoms with van der Waals surface area (Å²) in [7, 11) is 0. The molecule has 0 aliphatic heterocycles. The van der Waals surface area contributed by atoms with Gasteiger partial charge in [0.2, 0.25) is 0 Å². The van der Waals surface area contributed by atoms with Crippen LogP contribution >= 0.6 is 0 Å². The van der Waals surface area contributed by atoms with E-state index in [1.807, 2.05) is 0 Å². The van der Waals surface area contributed by atoms with Crippen LogP contribution in [0.25, 0.3) is 0 Å². The Labute approximate surface area is 76.4 Å². The maximum Gasteiger partial charge on any atom is -0.0171 e. The highest BCUT2D eigenvalue weighted by molar-refractivity contribution is 4.98. The molecule has 1 saturated carbocycles. The van der Waals surface area contributed by atoms with E-state index in [9.17, 15) is 0 Å². The summed E-state index contributed by atoms with van der Waals surface area (Å²) >= 11 is 0. The van der Waals surface area contributed by atoms with Crippen LogP contribution in [-0.4, -0.2) is 0 Å². The van der Waals surface area contributed by atoms with Crippen LogP contribution in [0.2, 0.25) is 0 Å². The molecule has 0 aromatic carbocycles. The molecule has 1 aliphatic rings. The van der Waals surface area contributed by atoms with Gasteiger partial charge in [-0.05, 0) is 43.4 Å². The summed E-state index contributed by atoms with van der Waals surface area (Å²) in [5.41, 5.74) is 0. The fourth-order valence-electron chi connectivity index (χ4n) is 2.13. The van der Waals surface area contributed by atoms with Gasteiger partial charge in [0.05, 0.1) is 0 Å². The smallest absolute Gasteiger partial charge is 0.0171 e. The quantitative estimate of drug-likeness (QED) is 0.557. The molecule has 0 heterocycles. The van der Waals surface area contributed by atoms with Crippen LogP contribution in [0.1, 0.15) is 26.2 Å². The van der Waals surface area contributed by atoms with Crippen molar-refractivity contribution in [1.29, 1.82) is 0 Å². The standard InChI is InChI=1S/C12H19/c1-4-10-7-8-11(5-2)12(6-3)9-10/h4-6,10-12H,2-3,7-9H2,1H3. The second-order valence-corrected chi connectivity index (χ2v) is 3.71. The molecule has 3 atom stereocenters. The summed E-state index contributed by atoms with van der Waals surface area (Å²) in [6.45, 7) is 9.93. The van der Waals surface area contributed by atoms with Gasteiger partial charge in [-0.1, -0.05) is 19.1 Å². The highest BCUT2D eigenvalue weighted by Crippen LogP contribution is 2.36. The molecule has 1 rings (SSSR count). The second kappa shape index (κ2) is 4.49.